The quantitative estimate of drug-likeness (QED) is 0.564. The Morgan fingerprint density at radius 3 is 2.33 bits per heavy atom. The van der Waals surface area contributed by atoms with Gasteiger partial charge in [-0.25, -0.2) is 0 Å². The Labute approximate surface area is 144 Å². The van der Waals surface area contributed by atoms with Crippen molar-refractivity contribution in [1.82, 2.24) is 0 Å². The molecule has 1 atom stereocenters. The number of aryl methyl sites for hydroxylation is 1. The largest absolute Gasteiger partial charge is 0.591 e. The highest BCUT2D eigenvalue weighted by atomic mass is 32.2. The van der Waals surface area contributed by atoms with Crippen LogP contribution in [0.25, 0.3) is 0 Å². The molecule has 0 radical (unpaired) electrons. The van der Waals surface area contributed by atoms with Crippen LogP contribution in [0.4, 0.5) is 8.78 Å². The molecule has 0 heterocycles. The van der Waals surface area contributed by atoms with Crippen LogP contribution in [0, 0.1) is 6.92 Å². The maximum Gasteiger partial charge on any atom is 0.298 e. The maximum absolute atomic E-state index is 14.8. The molecule has 0 saturated heterocycles. The van der Waals surface area contributed by atoms with Gasteiger partial charge in [0.1, 0.15) is 16.1 Å². The van der Waals surface area contributed by atoms with Crippen molar-refractivity contribution in [2.24, 2.45) is 4.40 Å². The first kappa shape index (κ1) is 18.6. The molecule has 5 heteroatoms. The van der Waals surface area contributed by atoms with Crippen LogP contribution in [0.5, 0.6) is 0 Å². The zero-order valence-electron chi connectivity index (χ0n) is 14.2. The van der Waals surface area contributed by atoms with Gasteiger partial charge in [0.2, 0.25) is 0 Å². The summed E-state index contributed by atoms with van der Waals surface area (Å²) in [6.07, 6.45) is 1.39. The Kier molecular flexibility index (Phi) is 5.45. The van der Waals surface area contributed by atoms with Crippen molar-refractivity contribution < 1.29 is 13.3 Å². The number of nitrogens with zero attached hydrogens (tertiary/aromatic N) is 1. The van der Waals surface area contributed by atoms with Gasteiger partial charge in [-0.15, -0.1) is 0 Å². The lowest BCUT2D eigenvalue weighted by Gasteiger charge is -2.20. The van der Waals surface area contributed by atoms with E-state index in [9.17, 15) is 13.3 Å². The predicted molar refractivity (Wildman–Crippen MR) is 96.1 cm³/mol. The Bertz CT molecular complexity index is 738. The number of rotatable bonds is 4. The van der Waals surface area contributed by atoms with E-state index in [0.717, 1.165) is 0 Å². The average molecular weight is 349 g/mol. The zero-order valence-corrected chi connectivity index (χ0v) is 15.0. The molecule has 0 spiro atoms. The fourth-order valence-corrected chi connectivity index (χ4v) is 2.70. The van der Waals surface area contributed by atoms with Gasteiger partial charge in [-0.2, -0.15) is 8.78 Å². The molecule has 2 rings (SSSR count). The fraction of sp³-hybridized carbons (Fsp3) is 0.316. The van der Waals surface area contributed by atoms with E-state index in [4.69, 9.17) is 0 Å². The average Bonchev–Trinajstić information content (AvgIpc) is 2.52. The van der Waals surface area contributed by atoms with Crippen LogP contribution in [-0.2, 0) is 17.3 Å². The molecule has 0 aliphatic heterocycles. The molecule has 0 N–H and O–H groups in total. The molecule has 2 nitrogen and oxygen atoms in total. The Morgan fingerprint density at radius 2 is 1.71 bits per heavy atom. The van der Waals surface area contributed by atoms with E-state index in [1.807, 2.05) is 20.8 Å². The zero-order chi connectivity index (χ0) is 18.0. The van der Waals surface area contributed by atoms with Crippen molar-refractivity contribution in [1.29, 1.82) is 0 Å². The molecule has 2 aromatic carbocycles. The molecule has 0 aliphatic rings. The van der Waals surface area contributed by atoms with E-state index >= 15 is 0 Å². The molecule has 128 valence electrons. The molecule has 24 heavy (non-hydrogen) atoms. The number of benzene rings is 2. The summed E-state index contributed by atoms with van der Waals surface area (Å²) < 4.78 is 45.1. The monoisotopic (exact) mass is 349 g/mol. The van der Waals surface area contributed by atoms with E-state index < -0.39 is 22.0 Å². The minimum atomic E-state index is -3.10. The van der Waals surface area contributed by atoms with Gasteiger partial charge in [-0.05, 0) is 44.9 Å². The SMILES string of the molecule is Cc1ccccc1C(F)(F)c1cccc(/C=N/[S+]([O-])C(C)(C)C)c1. The summed E-state index contributed by atoms with van der Waals surface area (Å²) in [5.41, 5.74) is 0.911. The maximum atomic E-state index is 14.8. The normalized spacial score (nSPS) is 14.1. The highest BCUT2D eigenvalue weighted by molar-refractivity contribution is 7.91. The van der Waals surface area contributed by atoms with E-state index in [1.54, 1.807) is 37.3 Å². The van der Waals surface area contributed by atoms with Crippen molar-refractivity contribution in [3.05, 3.63) is 70.8 Å². The number of halogens is 2. The summed E-state index contributed by atoms with van der Waals surface area (Å²) in [6.45, 7) is 7.09. The van der Waals surface area contributed by atoms with Crippen LogP contribution in [-0.4, -0.2) is 15.5 Å². The third kappa shape index (κ3) is 4.22. The molecule has 0 amide bonds. The second-order valence-corrected chi connectivity index (χ2v) is 8.54. The first-order chi connectivity index (χ1) is 11.1. The summed E-state index contributed by atoms with van der Waals surface area (Å²) in [5, 5.41) is 0. The summed E-state index contributed by atoms with van der Waals surface area (Å²) >= 11 is -1.42. The number of hydrogen-bond donors (Lipinski definition) is 0. The van der Waals surface area contributed by atoms with E-state index in [-0.39, 0.29) is 11.1 Å². The minimum absolute atomic E-state index is 0.0163. The second-order valence-electron chi connectivity index (χ2n) is 6.61. The van der Waals surface area contributed by atoms with Crippen molar-refractivity contribution in [3.8, 4) is 0 Å². The van der Waals surface area contributed by atoms with Crippen molar-refractivity contribution >= 4 is 17.6 Å². The molecule has 1 unspecified atom stereocenters. The summed E-state index contributed by atoms with van der Waals surface area (Å²) in [5.74, 6) is -3.10. The first-order valence-electron chi connectivity index (χ1n) is 7.63. The molecular formula is C19H21F2NOS. The van der Waals surface area contributed by atoms with Crippen molar-refractivity contribution in [2.75, 3.05) is 0 Å². The summed E-state index contributed by atoms with van der Waals surface area (Å²) in [7, 11) is 0. The standard InChI is InChI=1S/C19H21F2NOS/c1-14-8-5-6-11-17(14)19(20,21)16-10-7-9-15(12-16)13-22-24(23)18(2,3)4/h5-13H,1-4H3/b22-13+. The lowest BCUT2D eigenvalue weighted by molar-refractivity contribution is 0.0421. The number of hydrogen-bond acceptors (Lipinski definition) is 2. The Hall–Kier alpha value is -1.72. The van der Waals surface area contributed by atoms with Crippen LogP contribution in [0.1, 0.15) is 43.0 Å². The second kappa shape index (κ2) is 7.03. The molecule has 0 aliphatic carbocycles. The lowest BCUT2D eigenvalue weighted by Crippen LogP contribution is -2.25. The van der Waals surface area contributed by atoms with Crippen LogP contribution in [0.2, 0.25) is 0 Å². The van der Waals surface area contributed by atoms with Gasteiger partial charge in [0, 0.05) is 11.1 Å². The van der Waals surface area contributed by atoms with Crippen molar-refractivity contribution in [3.63, 3.8) is 0 Å². The lowest BCUT2D eigenvalue weighted by atomic mass is 9.95. The van der Waals surface area contributed by atoms with E-state index in [0.29, 0.717) is 11.1 Å². The van der Waals surface area contributed by atoms with Gasteiger partial charge in [0.05, 0.1) is 6.21 Å². The highest BCUT2D eigenvalue weighted by Gasteiger charge is 2.35. The van der Waals surface area contributed by atoms with Gasteiger partial charge in [0.15, 0.2) is 0 Å². The van der Waals surface area contributed by atoms with Crippen LogP contribution < -0.4 is 0 Å². The van der Waals surface area contributed by atoms with E-state index in [2.05, 4.69) is 4.40 Å². The molecular weight excluding hydrogens is 328 g/mol. The highest BCUT2D eigenvalue weighted by Crippen LogP contribution is 2.37. The van der Waals surface area contributed by atoms with E-state index in [1.165, 1.54) is 24.4 Å². The van der Waals surface area contributed by atoms with Gasteiger partial charge in [0.25, 0.3) is 5.92 Å². The third-order valence-electron chi connectivity index (χ3n) is 3.55. The molecule has 0 fully saturated rings. The van der Waals surface area contributed by atoms with Crippen molar-refractivity contribution in [2.45, 2.75) is 38.4 Å². The van der Waals surface area contributed by atoms with Crippen LogP contribution in [0.15, 0.2) is 52.9 Å². The van der Waals surface area contributed by atoms with Gasteiger partial charge in [-0.3, -0.25) is 0 Å². The topological polar surface area (TPSA) is 35.4 Å². The minimum Gasteiger partial charge on any atom is -0.591 e. The van der Waals surface area contributed by atoms with Crippen LogP contribution in [0.3, 0.4) is 0 Å². The van der Waals surface area contributed by atoms with Gasteiger partial charge < -0.3 is 4.55 Å². The summed E-state index contributed by atoms with van der Waals surface area (Å²) in [4.78, 5) is 0. The predicted octanol–water partition coefficient (Wildman–Crippen LogP) is 5.02. The Morgan fingerprint density at radius 1 is 1.04 bits per heavy atom. The molecule has 0 bridgehead atoms. The fourth-order valence-electron chi connectivity index (χ4n) is 2.16. The first-order valence-corrected chi connectivity index (χ1v) is 8.73. The Balaban J connectivity index is 2.34. The molecule has 0 saturated carbocycles. The van der Waals surface area contributed by atoms with Gasteiger partial charge >= 0.3 is 0 Å². The smallest absolute Gasteiger partial charge is 0.298 e. The number of alkyl halides is 2. The van der Waals surface area contributed by atoms with Gasteiger partial charge in [-0.1, -0.05) is 46.9 Å². The molecule has 2 aromatic rings. The summed E-state index contributed by atoms with van der Waals surface area (Å²) in [6, 6.07) is 12.4. The third-order valence-corrected chi connectivity index (χ3v) is 4.90. The van der Waals surface area contributed by atoms with Crippen LogP contribution >= 0.6 is 0 Å². The molecule has 0 aromatic heterocycles.